The summed E-state index contributed by atoms with van der Waals surface area (Å²) in [5.74, 6) is -0.524. The lowest BCUT2D eigenvalue weighted by atomic mass is 9.89. The summed E-state index contributed by atoms with van der Waals surface area (Å²) in [6.45, 7) is 10.6. The molecule has 0 amide bonds. The molecule has 0 saturated carbocycles. The summed E-state index contributed by atoms with van der Waals surface area (Å²) in [4.78, 5) is 24.3. The third-order valence-corrected chi connectivity index (χ3v) is 8.77. The number of para-hydroxylation sites is 1. The van der Waals surface area contributed by atoms with E-state index in [1.807, 2.05) is 32.9 Å². The molecule has 0 aliphatic carbocycles. The average Bonchev–Trinajstić information content (AvgIpc) is 3.30. The molecule has 0 aromatic heterocycles. The van der Waals surface area contributed by atoms with Crippen LogP contribution >= 0.6 is 7.52 Å². The molecule has 1 aliphatic heterocycles. The van der Waals surface area contributed by atoms with Crippen LogP contribution in [0, 0.1) is 6.92 Å². The Kier molecular flexibility index (Phi) is 10.7. The van der Waals surface area contributed by atoms with E-state index in [0.29, 0.717) is 25.3 Å². The van der Waals surface area contributed by atoms with Gasteiger partial charge in [-0.2, -0.15) is 0 Å². The minimum atomic E-state index is -3.44. The summed E-state index contributed by atoms with van der Waals surface area (Å²) in [7, 11) is -3.44. The Morgan fingerprint density at radius 3 is 2.62 bits per heavy atom. The van der Waals surface area contributed by atoms with Gasteiger partial charge in [-0.15, -0.1) is 0 Å². The van der Waals surface area contributed by atoms with Crippen molar-refractivity contribution in [1.29, 1.82) is 0 Å². The van der Waals surface area contributed by atoms with Gasteiger partial charge < -0.3 is 24.4 Å². The van der Waals surface area contributed by atoms with E-state index in [0.717, 1.165) is 34.2 Å². The molecule has 0 bridgehead atoms. The predicted octanol–water partition coefficient (Wildman–Crippen LogP) is 4.83. The van der Waals surface area contributed by atoms with Crippen molar-refractivity contribution >= 4 is 19.5 Å². The number of rotatable bonds is 14. The van der Waals surface area contributed by atoms with E-state index in [1.165, 1.54) is 0 Å². The van der Waals surface area contributed by atoms with Gasteiger partial charge in [-0.3, -0.25) is 9.36 Å². The van der Waals surface area contributed by atoms with Crippen LogP contribution in [0.15, 0.2) is 42.0 Å². The second-order valence-corrected chi connectivity index (χ2v) is 11.8. The third kappa shape index (κ3) is 7.72. The Labute approximate surface area is 230 Å². The number of hydrogen-bond acceptors (Lipinski definition) is 8. The highest BCUT2D eigenvalue weighted by atomic mass is 31.2. The Morgan fingerprint density at radius 1 is 1.23 bits per heavy atom. The zero-order chi connectivity index (χ0) is 28.6. The number of hydrogen-bond donors (Lipinski definition) is 3. The molecule has 39 heavy (non-hydrogen) atoms. The monoisotopic (exact) mass is 558 g/mol. The molecule has 1 unspecified atom stereocenters. The summed E-state index contributed by atoms with van der Waals surface area (Å²) in [6.07, 6.45) is 3.35. The molecule has 1 aliphatic rings. The molecule has 0 spiro atoms. The van der Waals surface area contributed by atoms with Crippen molar-refractivity contribution in [3.63, 3.8) is 0 Å². The van der Waals surface area contributed by atoms with Crippen molar-refractivity contribution in [1.82, 2.24) is 10.4 Å². The van der Waals surface area contributed by atoms with Gasteiger partial charge in [0.15, 0.2) is 0 Å². The molecule has 0 saturated heterocycles. The summed E-state index contributed by atoms with van der Waals surface area (Å²) in [5, 5.41) is 17.0. The maximum absolute atomic E-state index is 13.7. The fraction of sp³-hybridized carbons (Fsp3) is 0.448. The van der Waals surface area contributed by atoms with E-state index in [9.17, 15) is 19.3 Å². The van der Waals surface area contributed by atoms with Crippen LogP contribution in [-0.2, 0) is 38.3 Å². The van der Waals surface area contributed by atoms with Crippen LogP contribution in [0.25, 0.3) is 0 Å². The summed E-state index contributed by atoms with van der Waals surface area (Å²) in [6, 6.07) is 8.03. The van der Waals surface area contributed by atoms with Crippen molar-refractivity contribution < 1.29 is 33.3 Å². The van der Waals surface area contributed by atoms with E-state index in [-0.39, 0.29) is 30.7 Å². The molecule has 3 rings (SSSR count). The van der Waals surface area contributed by atoms with Crippen LogP contribution in [0.1, 0.15) is 60.3 Å². The first-order valence-electron chi connectivity index (χ1n) is 13.3. The lowest BCUT2D eigenvalue weighted by molar-refractivity contribution is -0.144. The quantitative estimate of drug-likeness (QED) is 0.130. The fourth-order valence-corrected chi connectivity index (χ4v) is 6.49. The van der Waals surface area contributed by atoms with Crippen LogP contribution in [0.5, 0.6) is 11.5 Å². The van der Waals surface area contributed by atoms with Crippen molar-refractivity contribution in [3.05, 3.63) is 69.8 Å². The standard InChI is InChI=1S/C29H39N2O7P/c1-6-23-20(4)25-18-37-29(34)26(25)27(32)24(23)14-13-19(3)17-30-15-16-39(35,31-21(5)28(33)36-7-2)38-22-11-9-8-10-12-22/h8-13,21,30,32H,6-7,14-18H2,1-5H3,(H,31,35)/b19-13+/t21-,39?/m1/s1. The smallest absolute Gasteiger partial charge is 0.342 e. The lowest BCUT2D eigenvalue weighted by Gasteiger charge is -2.23. The zero-order valence-electron chi connectivity index (χ0n) is 23.3. The normalized spacial score (nSPS) is 15.3. The lowest BCUT2D eigenvalue weighted by Crippen LogP contribution is -2.36. The highest BCUT2D eigenvalue weighted by molar-refractivity contribution is 7.57. The number of phenols is 1. The van der Waals surface area contributed by atoms with Gasteiger partial charge in [-0.05, 0) is 63.8 Å². The molecule has 2 atom stereocenters. The van der Waals surface area contributed by atoms with Gasteiger partial charge in [-0.1, -0.05) is 36.8 Å². The van der Waals surface area contributed by atoms with Crippen LogP contribution in [0.4, 0.5) is 0 Å². The number of fused-ring (bicyclic) bond motifs is 1. The van der Waals surface area contributed by atoms with Gasteiger partial charge in [-0.25, -0.2) is 9.88 Å². The molecular formula is C29H39N2O7P. The molecule has 0 fully saturated rings. The minimum absolute atomic E-state index is 0.00718. The molecular weight excluding hydrogens is 519 g/mol. The van der Waals surface area contributed by atoms with Crippen LogP contribution < -0.4 is 14.9 Å². The van der Waals surface area contributed by atoms with Crippen molar-refractivity contribution in [2.45, 2.75) is 60.1 Å². The number of benzene rings is 2. The van der Waals surface area contributed by atoms with Crippen LogP contribution in [0.2, 0.25) is 0 Å². The number of phenolic OH excluding ortho intramolecular Hbond substituents is 1. The SMILES string of the molecule is CCOC(=O)[C@@H](C)NP(=O)(CCNC/C(C)=C/Cc1c(O)c2c(c(C)c1CC)COC2=O)Oc1ccccc1. The first kappa shape index (κ1) is 30.4. The van der Waals surface area contributed by atoms with Gasteiger partial charge in [0.05, 0.1) is 12.8 Å². The number of cyclic esters (lactones) is 1. The summed E-state index contributed by atoms with van der Waals surface area (Å²) >= 11 is 0. The third-order valence-electron chi connectivity index (χ3n) is 6.67. The molecule has 2 aromatic carbocycles. The van der Waals surface area contributed by atoms with E-state index in [2.05, 4.69) is 10.4 Å². The fourth-order valence-electron chi connectivity index (χ4n) is 4.60. The number of carbonyl (C=O) groups is 2. The van der Waals surface area contributed by atoms with Crippen LogP contribution in [0.3, 0.4) is 0 Å². The number of aromatic hydroxyl groups is 1. The Balaban J connectivity index is 1.64. The van der Waals surface area contributed by atoms with Gasteiger partial charge >= 0.3 is 19.5 Å². The van der Waals surface area contributed by atoms with Gasteiger partial charge in [0.25, 0.3) is 0 Å². The molecule has 3 N–H and O–H groups in total. The topological polar surface area (TPSA) is 123 Å². The Hall–Kier alpha value is -3.13. The van der Waals surface area contributed by atoms with E-state index >= 15 is 0 Å². The summed E-state index contributed by atoms with van der Waals surface area (Å²) < 4.78 is 29.7. The summed E-state index contributed by atoms with van der Waals surface area (Å²) in [5.41, 5.74) is 4.83. The van der Waals surface area contributed by atoms with Crippen molar-refractivity contribution in [2.75, 3.05) is 25.9 Å². The van der Waals surface area contributed by atoms with Crippen molar-refractivity contribution in [3.8, 4) is 11.5 Å². The van der Waals surface area contributed by atoms with E-state index in [1.54, 1.807) is 38.1 Å². The predicted molar refractivity (Wildman–Crippen MR) is 150 cm³/mol. The second-order valence-electron chi connectivity index (χ2n) is 9.55. The first-order chi connectivity index (χ1) is 18.6. The molecule has 10 heteroatoms. The maximum atomic E-state index is 13.7. The highest BCUT2D eigenvalue weighted by Crippen LogP contribution is 2.43. The highest BCUT2D eigenvalue weighted by Gasteiger charge is 2.31. The van der Waals surface area contributed by atoms with Gasteiger partial charge in [0.1, 0.15) is 29.7 Å². The number of carbonyl (C=O) groups excluding carboxylic acids is 2. The first-order valence-corrected chi connectivity index (χ1v) is 15.1. The zero-order valence-corrected chi connectivity index (χ0v) is 24.2. The minimum Gasteiger partial charge on any atom is -0.507 e. The molecule has 0 radical (unpaired) electrons. The average molecular weight is 559 g/mol. The van der Waals surface area contributed by atoms with Crippen molar-refractivity contribution in [2.24, 2.45) is 0 Å². The number of ether oxygens (including phenoxy) is 2. The van der Waals surface area contributed by atoms with E-state index < -0.39 is 25.5 Å². The Bertz CT molecular complexity index is 1260. The number of nitrogens with one attached hydrogen (secondary N) is 2. The van der Waals surface area contributed by atoms with Gasteiger partial charge in [0, 0.05) is 24.2 Å². The largest absolute Gasteiger partial charge is 0.507 e. The number of allylic oxidation sites excluding steroid dienone is 1. The Morgan fingerprint density at radius 2 is 1.95 bits per heavy atom. The van der Waals surface area contributed by atoms with E-state index in [4.69, 9.17) is 14.0 Å². The molecule has 9 nitrogen and oxygen atoms in total. The second kappa shape index (κ2) is 13.8. The molecule has 1 heterocycles. The molecule has 2 aromatic rings. The van der Waals surface area contributed by atoms with Crippen LogP contribution in [-0.4, -0.2) is 48.9 Å². The number of esters is 2. The molecule has 212 valence electrons. The van der Waals surface area contributed by atoms with Gasteiger partial charge in [0.2, 0.25) is 0 Å². The maximum Gasteiger partial charge on any atom is 0.342 e.